The average molecular weight is 264 g/mol. The van der Waals surface area contributed by atoms with Crippen LogP contribution in [0.1, 0.15) is 32.8 Å². The highest BCUT2D eigenvalue weighted by Gasteiger charge is 2.11. The number of carbonyl (C=O) groups is 1. The molecule has 1 unspecified atom stereocenters. The fraction of sp³-hybridized carbons (Fsp3) is 0.533. The van der Waals surface area contributed by atoms with Gasteiger partial charge in [-0.25, -0.2) is 0 Å². The summed E-state index contributed by atoms with van der Waals surface area (Å²) < 4.78 is 5.51. The lowest BCUT2D eigenvalue weighted by molar-refractivity contribution is -0.122. The Labute approximate surface area is 115 Å². The summed E-state index contributed by atoms with van der Waals surface area (Å²) in [4.78, 5) is 11.8. The van der Waals surface area contributed by atoms with E-state index in [9.17, 15) is 4.79 Å². The Morgan fingerprint density at radius 1 is 1.37 bits per heavy atom. The van der Waals surface area contributed by atoms with Crippen LogP contribution in [0.3, 0.4) is 0 Å². The molecule has 0 saturated carbocycles. The van der Waals surface area contributed by atoms with E-state index in [2.05, 4.69) is 19.2 Å². The molecule has 0 aliphatic rings. The molecule has 4 heteroatoms. The van der Waals surface area contributed by atoms with Crippen LogP contribution in [0.5, 0.6) is 0 Å². The van der Waals surface area contributed by atoms with Gasteiger partial charge in [0.15, 0.2) is 0 Å². The molecule has 4 nitrogen and oxygen atoms in total. The summed E-state index contributed by atoms with van der Waals surface area (Å²) >= 11 is 0. The van der Waals surface area contributed by atoms with Crippen LogP contribution in [0.15, 0.2) is 18.2 Å². The Morgan fingerprint density at radius 3 is 2.63 bits per heavy atom. The van der Waals surface area contributed by atoms with Gasteiger partial charge in [0.2, 0.25) is 5.91 Å². The molecule has 1 aromatic carbocycles. The molecule has 0 heterocycles. The van der Waals surface area contributed by atoms with E-state index >= 15 is 0 Å². The second-order valence-electron chi connectivity index (χ2n) is 5.34. The number of ether oxygens (including phenoxy) is 1. The topological polar surface area (TPSA) is 64.3 Å². The van der Waals surface area contributed by atoms with Gasteiger partial charge in [0.05, 0.1) is 17.5 Å². The molecular weight excluding hydrogens is 240 g/mol. The summed E-state index contributed by atoms with van der Waals surface area (Å²) in [6.07, 6.45) is 1.03. The summed E-state index contributed by atoms with van der Waals surface area (Å²) in [6, 6.07) is 5.54. The Kier molecular flexibility index (Phi) is 5.83. The maximum Gasteiger partial charge on any atom is 0.250 e. The number of aryl methyl sites for hydroxylation is 1. The first-order valence-corrected chi connectivity index (χ1v) is 6.66. The number of carbonyl (C=O) groups excluding carboxylic acids is 1. The Hall–Kier alpha value is -1.55. The van der Waals surface area contributed by atoms with Gasteiger partial charge in [-0.1, -0.05) is 26.0 Å². The summed E-state index contributed by atoms with van der Waals surface area (Å²) in [6.45, 7) is 8.22. The molecule has 19 heavy (non-hydrogen) atoms. The van der Waals surface area contributed by atoms with Crippen LogP contribution < -0.4 is 11.1 Å². The number of nitrogen functional groups attached to an aromatic ring is 1. The van der Waals surface area contributed by atoms with E-state index in [0.717, 1.165) is 12.0 Å². The predicted octanol–water partition coefficient (Wildman–Crippen LogP) is 2.97. The monoisotopic (exact) mass is 264 g/mol. The van der Waals surface area contributed by atoms with Crippen molar-refractivity contribution in [2.24, 2.45) is 5.92 Å². The van der Waals surface area contributed by atoms with E-state index < -0.39 is 0 Å². The number of rotatable bonds is 6. The first kappa shape index (κ1) is 15.5. The second-order valence-corrected chi connectivity index (χ2v) is 5.34. The van der Waals surface area contributed by atoms with Crippen molar-refractivity contribution < 1.29 is 9.53 Å². The number of anilines is 2. The number of amides is 1. The minimum atomic E-state index is -0.170. The summed E-state index contributed by atoms with van der Waals surface area (Å²) in [5.41, 5.74) is 8.03. The van der Waals surface area contributed by atoms with Gasteiger partial charge in [-0.3, -0.25) is 4.79 Å². The van der Waals surface area contributed by atoms with Gasteiger partial charge in [0, 0.05) is 0 Å². The predicted molar refractivity (Wildman–Crippen MR) is 79.1 cm³/mol. The lowest BCUT2D eigenvalue weighted by Crippen LogP contribution is -2.23. The first-order chi connectivity index (χ1) is 8.90. The molecule has 0 fully saturated rings. The lowest BCUT2D eigenvalue weighted by Gasteiger charge is -2.16. The van der Waals surface area contributed by atoms with Crippen molar-refractivity contribution >= 4 is 17.3 Å². The van der Waals surface area contributed by atoms with Crippen molar-refractivity contribution in [3.63, 3.8) is 0 Å². The van der Waals surface area contributed by atoms with Crippen molar-refractivity contribution in [2.45, 2.75) is 40.2 Å². The lowest BCUT2D eigenvalue weighted by atomic mass is 10.1. The van der Waals surface area contributed by atoms with Gasteiger partial charge in [0.1, 0.15) is 6.61 Å². The van der Waals surface area contributed by atoms with Crippen LogP contribution in [0, 0.1) is 12.8 Å². The number of nitrogens with two attached hydrogens (primary N) is 1. The minimum absolute atomic E-state index is 0.0572. The van der Waals surface area contributed by atoms with Crippen LogP contribution in [-0.4, -0.2) is 18.6 Å². The third kappa shape index (κ3) is 5.30. The molecule has 0 saturated heterocycles. The first-order valence-electron chi connectivity index (χ1n) is 6.66. The molecule has 0 aromatic heterocycles. The number of benzene rings is 1. The van der Waals surface area contributed by atoms with Crippen LogP contribution in [0.2, 0.25) is 0 Å². The maximum absolute atomic E-state index is 11.8. The Morgan fingerprint density at radius 2 is 2.05 bits per heavy atom. The fourth-order valence-corrected chi connectivity index (χ4v) is 1.99. The van der Waals surface area contributed by atoms with Gasteiger partial charge < -0.3 is 15.8 Å². The zero-order chi connectivity index (χ0) is 14.4. The standard InChI is InChI=1S/C15H24N2O2/c1-10(2)8-12(4)19-9-14(18)17-15-11(3)6-5-7-13(15)16/h5-7,10,12H,8-9,16H2,1-4H3,(H,17,18). The van der Waals surface area contributed by atoms with Crippen LogP contribution in [0.4, 0.5) is 11.4 Å². The third-order valence-electron chi connectivity index (χ3n) is 2.87. The van der Waals surface area contributed by atoms with Gasteiger partial charge in [0.25, 0.3) is 0 Å². The molecule has 1 aromatic rings. The summed E-state index contributed by atoms with van der Waals surface area (Å²) in [7, 11) is 0. The van der Waals surface area contributed by atoms with Crippen molar-refractivity contribution in [3.8, 4) is 0 Å². The van der Waals surface area contributed by atoms with Gasteiger partial charge in [-0.05, 0) is 37.8 Å². The highest BCUT2D eigenvalue weighted by atomic mass is 16.5. The normalized spacial score (nSPS) is 12.5. The number of para-hydroxylation sites is 1. The zero-order valence-corrected chi connectivity index (χ0v) is 12.2. The highest BCUT2D eigenvalue weighted by molar-refractivity contribution is 5.95. The summed E-state index contributed by atoms with van der Waals surface area (Å²) in [5.74, 6) is 0.390. The fourth-order valence-electron chi connectivity index (χ4n) is 1.99. The van der Waals surface area contributed by atoms with Crippen molar-refractivity contribution in [1.82, 2.24) is 0 Å². The number of hydrogen-bond acceptors (Lipinski definition) is 3. The van der Waals surface area contributed by atoms with Crippen molar-refractivity contribution in [2.75, 3.05) is 17.7 Å². The SMILES string of the molecule is Cc1cccc(N)c1NC(=O)COC(C)CC(C)C. The number of nitrogens with one attached hydrogen (secondary N) is 1. The summed E-state index contributed by atoms with van der Waals surface area (Å²) in [5, 5.41) is 2.80. The molecule has 0 aliphatic carbocycles. The van der Waals surface area contributed by atoms with E-state index in [-0.39, 0.29) is 18.6 Å². The van der Waals surface area contributed by atoms with Crippen molar-refractivity contribution in [1.29, 1.82) is 0 Å². The van der Waals surface area contributed by atoms with E-state index in [0.29, 0.717) is 17.3 Å². The average Bonchev–Trinajstić information content (AvgIpc) is 2.30. The van der Waals surface area contributed by atoms with E-state index in [1.807, 2.05) is 26.0 Å². The van der Waals surface area contributed by atoms with Crippen LogP contribution in [-0.2, 0) is 9.53 Å². The highest BCUT2D eigenvalue weighted by Crippen LogP contribution is 2.22. The largest absolute Gasteiger partial charge is 0.397 e. The molecule has 1 rings (SSSR count). The quantitative estimate of drug-likeness (QED) is 0.776. The molecule has 0 bridgehead atoms. The number of hydrogen-bond donors (Lipinski definition) is 2. The molecule has 106 valence electrons. The third-order valence-corrected chi connectivity index (χ3v) is 2.87. The van der Waals surface area contributed by atoms with Crippen LogP contribution >= 0.6 is 0 Å². The second kappa shape index (κ2) is 7.14. The molecule has 0 spiro atoms. The molecule has 3 N–H and O–H groups in total. The Bertz CT molecular complexity index is 410. The van der Waals surface area contributed by atoms with E-state index in [1.54, 1.807) is 6.07 Å². The van der Waals surface area contributed by atoms with Gasteiger partial charge in [-0.15, -0.1) is 0 Å². The van der Waals surface area contributed by atoms with Crippen molar-refractivity contribution in [3.05, 3.63) is 23.8 Å². The smallest absolute Gasteiger partial charge is 0.250 e. The molecule has 1 atom stereocenters. The van der Waals surface area contributed by atoms with E-state index in [4.69, 9.17) is 10.5 Å². The minimum Gasteiger partial charge on any atom is -0.397 e. The van der Waals surface area contributed by atoms with E-state index in [1.165, 1.54) is 0 Å². The van der Waals surface area contributed by atoms with Gasteiger partial charge in [-0.2, -0.15) is 0 Å². The van der Waals surface area contributed by atoms with Crippen LogP contribution in [0.25, 0.3) is 0 Å². The Balaban J connectivity index is 2.48. The zero-order valence-electron chi connectivity index (χ0n) is 12.2. The molecule has 0 radical (unpaired) electrons. The molecule has 1 amide bonds. The van der Waals surface area contributed by atoms with Gasteiger partial charge >= 0.3 is 0 Å². The molecule has 0 aliphatic heterocycles. The molecular formula is C15H24N2O2. The maximum atomic E-state index is 11.8.